The van der Waals surface area contributed by atoms with Crippen molar-refractivity contribution in [3.8, 4) is 0 Å². The maximum atomic E-state index is 3.79. The number of allylic oxidation sites excluding steroid dienone is 2. The van der Waals surface area contributed by atoms with Gasteiger partial charge in [0.2, 0.25) is 0 Å². The van der Waals surface area contributed by atoms with Crippen LogP contribution in [0, 0.1) is 6.92 Å². The van der Waals surface area contributed by atoms with Gasteiger partial charge in [0, 0.05) is 0 Å². The molecule has 18 heavy (non-hydrogen) atoms. The Kier molecular flexibility index (Phi) is 30.9. The summed E-state index contributed by atoms with van der Waals surface area (Å²) in [6, 6.07) is 0. The van der Waals surface area contributed by atoms with E-state index in [2.05, 4.69) is 26.0 Å². The molecule has 0 aromatic rings. The van der Waals surface area contributed by atoms with Crippen molar-refractivity contribution in [3.63, 3.8) is 0 Å². The van der Waals surface area contributed by atoms with E-state index in [0.717, 1.165) is 6.42 Å². The molecule has 0 atom stereocenters. The Balaban J connectivity index is -0.00000112. The van der Waals surface area contributed by atoms with E-state index in [-0.39, 0.29) is 40.0 Å². The molecule has 0 unspecified atom stereocenters. The Morgan fingerprint density at radius 2 is 1.17 bits per heavy atom. The van der Waals surface area contributed by atoms with Crippen molar-refractivity contribution in [1.29, 1.82) is 0 Å². The maximum Gasteiger partial charge on any atom is 2.00 e. The molecule has 0 saturated carbocycles. The minimum atomic E-state index is 0. The van der Waals surface area contributed by atoms with E-state index in [1.54, 1.807) is 0 Å². The minimum Gasteiger partial charge on any atom is -1.00 e. The number of hydrogen-bond acceptors (Lipinski definition) is 0. The summed E-state index contributed by atoms with van der Waals surface area (Å²) in [5.41, 5.74) is 0. The summed E-state index contributed by atoms with van der Waals surface area (Å²) in [4.78, 5) is 0. The van der Waals surface area contributed by atoms with Gasteiger partial charge in [0.05, 0.1) is 0 Å². The summed E-state index contributed by atoms with van der Waals surface area (Å²) in [6.45, 7) is 6.07. The maximum absolute atomic E-state index is 3.79. The van der Waals surface area contributed by atoms with Crippen LogP contribution in [0.5, 0.6) is 0 Å². The standard InChI is InChI=1S/C16H31.BrH.Mg/c1-3-5-7-9-11-13-15-16-14-12-10-8-6-4-2;;/h5,7H,1,3-4,6,8-16H2,2H3;1H;/q-1;;+2/p-1/b7-5+;;. The van der Waals surface area contributed by atoms with Gasteiger partial charge < -0.3 is 23.9 Å². The van der Waals surface area contributed by atoms with Gasteiger partial charge in [-0.3, -0.25) is 0 Å². The van der Waals surface area contributed by atoms with E-state index in [4.69, 9.17) is 0 Å². The molecule has 0 amide bonds. The monoisotopic (exact) mass is 326 g/mol. The Labute approximate surface area is 142 Å². The van der Waals surface area contributed by atoms with Gasteiger partial charge in [0.1, 0.15) is 0 Å². The van der Waals surface area contributed by atoms with Crippen LogP contribution in [0.1, 0.15) is 84.0 Å². The van der Waals surface area contributed by atoms with Gasteiger partial charge in [-0.05, 0) is 12.8 Å². The van der Waals surface area contributed by atoms with Crippen LogP contribution < -0.4 is 17.0 Å². The summed E-state index contributed by atoms with van der Waals surface area (Å²) >= 11 is 0. The van der Waals surface area contributed by atoms with Gasteiger partial charge in [-0.25, -0.2) is 0 Å². The fraction of sp³-hybridized carbons (Fsp3) is 0.812. The smallest absolute Gasteiger partial charge is 1.00 e. The van der Waals surface area contributed by atoms with Crippen LogP contribution in [0.25, 0.3) is 0 Å². The quantitative estimate of drug-likeness (QED) is 0.224. The average molecular weight is 328 g/mol. The van der Waals surface area contributed by atoms with Crippen molar-refractivity contribution >= 4 is 23.1 Å². The number of unbranched alkanes of at least 4 members (excludes halogenated alkanes) is 10. The molecule has 104 valence electrons. The summed E-state index contributed by atoms with van der Waals surface area (Å²) < 4.78 is 0. The molecule has 0 nitrogen and oxygen atoms in total. The molecule has 0 spiro atoms. The molecular weight excluding hydrogens is 296 g/mol. The van der Waals surface area contributed by atoms with Gasteiger partial charge in [0.15, 0.2) is 0 Å². The van der Waals surface area contributed by atoms with Crippen molar-refractivity contribution in [1.82, 2.24) is 0 Å². The van der Waals surface area contributed by atoms with E-state index in [0.29, 0.717) is 0 Å². The fourth-order valence-corrected chi connectivity index (χ4v) is 1.99. The van der Waals surface area contributed by atoms with Crippen LogP contribution in [0.4, 0.5) is 0 Å². The van der Waals surface area contributed by atoms with Crippen molar-refractivity contribution in [2.75, 3.05) is 0 Å². The molecular formula is C16H31BrMg. The zero-order chi connectivity index (χ0) is 11.9. The second kappa shape index (κ2) is 23.1. The fourth-order valence-electron chi connectivity index (χ4n) is 1.99. The second-order valence-electron chi connectivity index (χ2n) is 4.73. The van der Waals surface area contributed by atoms with E-state index in [9.17, 15) is 0 Å². The molecule has 0 fully saturated rings. The molecule has 0 aromatic heterocycles. The normalized spacial score (nSPS) is 10.1. The summed E-state index contributed by atoms with van der Waals surface area (Å²) in [7, 11) is 0. The number of rotatable bonds is 12. The molecule has 0 N–H and O–H groups in total. The number of hydrogen-bond donors (Lipinski definition) is 0. The summed E-state index contributed by atoms with van der Waals surface area (Å²) in [5, 5.41) is 0. The third kappa shape index (κ3) is 22.2. The first-order valence-electron chi connectivity index (χ1n) is 7.36. The van der Waals surface area contributed by atoms with Crippen LogP contribution in [0.15, 0.2) is 12.2 Å². The molecule has 0 bridgehead atoms. The SMILES string of the molecule is [Br-].[CH2-]C/C=C/CCCCCCCCCCCC.[Mg+2]. The van der Waals surface area contributed by atoms with Crippen LogP contribution in [0.3, 0.4) is 0 Å². The molecule has 0 heterocycles. The van der Waals surface area contributed by atoms with Gasteiger partial charge >= 0.3 is 23.1 Å². The molecule has 0 rings (SSSR count). The van der Waals surface area contributed by atoms with E-state index >= 15 is 0 Å². The summed E-state index contributed by atoms with van der Waals surface area (Å²) in [5.74, 6) is 0. The topological polar surface area (TPSA) is 0 Å². The van der Waals surface area contributed by atoms with E-state index < -0.39 is 0 Å². The van der Waals surface area contributed by atoms with E-state index in [1.165, 1.54) is 70.6 Å². The van der Waals surface area contributed by atoms with Crippen LogP contribution in [0.2, 0.25) is 0 Å². The third-order valence-electron chi connectivity index (χ3n) is 3.06. The molecule has 0 aliphatic heterocycles. The van der Waals surface area contributed by atoms with Crippen molar-refractivity contribution in [3.05, 3.63) is 19.1 Å². The number of halogens is 1. The Morgan fingerprint density at radius 1 is 0.722 bits per heavy atom. The molecule has 2 heteroatoms. The van der Waals surface area contributed by atoms with Crippen LogP contribution in [-0.4, -0.2) is 23.1 Å². The molecule has 0 radical (unpaired) electrons. The molecule has 0 saturated heterocycles. The largest absolute Gasteiger partial charge is 2.00 e. The minimum absolute atomic E-state index is 0. The zero-order valence-electron chi connectivity index (χ0n) is 12.4. The van der Waals surface area contributed by atoms with Crippen molar-refractivity contribution in [2.45, 2.75) is 84.0 Å². The summed E-state index contributed by atoms with van der Waals surface area (Å²) in [6.07, 6.45) is 20.9. The predicted molar refractivity (Wildman–Crippen MR) is 81.3 cm³/mol. The molecule has 0 aliphatic rings. The van der Waals surface area contributed by atoms with Crippen molar-refractivity contribution < 1.29 is 17.0 Å². The van der Waals surface area contributed by atoms with E-state index in [1.807, 2.05) is 0 Å². The van der Waals surface area contributed by atoms with Gasteiger partial charge in [-0.1, -0.05) is 70.8 Å². The Hall–Kier alpha value is 0.986. The Bertz CT molecular complexity index is 146. The Morgan fingerprint density at radius 3 is 1.61 bits per heavy atom. The van der Waals surface area contributed by atoms with Crippen LogP contribution >= 0.6 is 0 Å². The van der Waals surface area contributed by atoms with Crippen molar-refractivity contribution in [2.24, 2.45) is 0 Å². The van der Waals surface area contributed by atoms with Gasteiger partial charge in [-0.15, -0.1) is 6.08 Å². The first kappa shape index (κ1) is 24.0. The first-order valence-corrected chi connectivity index (χ1v) is 7.36. The third-order valence-corrected chi connectivity index (χ3v) is 3.06. The molecule has 0 aliphatic carbocycles. The zero-order valence-corrected chi connectivity index (χ0v) is 15.4. The second-order valence-corrected chi connectivity index (χ2v) is 4.73. The first-order chi connectivity index (χ1) is 7.91. The van der Waals surface area contributed by atoms with Crippen LogP contribution in [-0.2, 0) is 0 Å². The molecule has 0 aromatic carbocycles. The van der Waals surface area contributed by atoms with Gasteiger partial charge in [-0.2, -0.15) is 6.42 Å². The predicted octanol–water partition coefficient (Wildman–Crippen LogP) is 2.70. The average Bonchev–Trinajstić information content (AvgIpc) is 2.31. The van der Waals surface area contributed by atoms with Gasteiger partial charge in [0.25, 0.3) is 0 Å².